The van der Waals surface area contributed by atoms with Crippen LogP contribution in [-0.2, 0) is 19.6 Å². The zero-order valence-electron chi connectivity index (χ0n) is 21.5. The molecule has 0 aromatic heterocycles. The Labute approximate surface area is 222 Å². The van der Waals surface area contributed by atoms with Gasteiger partial charge in [0, 0.05) is 11.6 Å². The molecule has 1 saturated carbocycles. The summed E-state index contributed by atoms with van der Waals surface area (Å²) in [5.41, 5.74) is 1.98. The number of carbonyl (C=O) groups is 2. The second-order valence-electron chi connectivity index (χ2n) is 9.94. The second-order valence-corrected chi connectivity index (χ2v) is 11.8. The lowest BCUT2D eigenvalue weighted by molar-refractivity contribution is -0.143. The predicted molar refractivity (Wildman–Crippen MR) is 144 cm³/mol. The van der Waals surface area contributed by atoms with Gasteiger partial charge < -0.3 is 15.4 Å². The van der Waals surface area contributed by atoms with Crippen molar-refractivity contribution in [2.75, 3.05) is 26.0 Å². The lowest BCUT2D eigenvalue weighted by Crippen LogP contribution is -2.44. The Morgan fingerprint density at radius 1 is 1.06 bits per heavy atom. The van der Waals surface area contributed by atoms with Crippen molar-refractivity contribution in [1.82, 2.24) is 15.4 Å². The van der Waals surface area contributed by atoms with Crippen LogP contribution in [0.15, 0.2) is 24.3 Å². The average Bonchev–Trinajstić information content (AvgIpc) is 2.88. The molecule has 1 aromatic carbocycles. The lowest BCUT2D eigenvalue weighted by Gasteiger charge is -2.31. The van der Waals surface area contributed by atoms with Crippen LogP contribution in [0.4, 0.5) is 0 Å². The highest BCUT2D eigenvalue weighted by atomic mass is 35.5. The SMILES string of the molecule is CCCCS(=O)(=O)NC(C[C@H]1CC[C@@H](NC(=O)c2ccc(C3CCNCC3)cc2)CC1)C(=O)OC.Cl. The van der Waals surface area contributed by atoms with Gasteiger partial charge in [0.2, 0.25) is 10.0 Å². The van der Waals surface area contributed by atoms with Gasteiger partial charge in [0.15, 0.2) is 0 Å². The van der Waals surface area contributed by atoms with Crippen molar-refractivity contribution in [3.05, 3.63) is 35.4 Å². The minimum atomic E-state index is -3.53. The highest BCUT2D eigenvalue weighted by Gasteiger charge is 2.31. The highest BCUT2D eigenvalue weighted by molar-refractivity contribution is 7.89. The van der Waals surface area contributed by atoms with Crippen LogP contribution in [0.3, 0.4) is 0 Å². The first-order chi connectivity index (χ1) is 16.8. The smallest absolute Gasteiger partial charge is 0.323 e. The van der Waals surface area contributed by atoms with Crippen molar-refractivity contribution in [1.29, 1.82) is 0 Å². The fraction of sp³-hybridized carbons (Fsp3) is 0.692. The Hall–Kier alpha value is -1.68. The second kappa shape index (κ2) is 14.9. The van der Waals surface area contributed by atoms with E-state index in [1.165, 1.54) is 12.7 Å². The Morgan fingerprint density at radius 3 is 2.28 bits per heavy atom. The van der Waals surface area contributed by atoms with E-state index in [-0.39, 0.29) is 36.0 Å². The van der Waals surface area contributed by atoms with E-state index < -0.39 is 22.0 Å². The van der Waals surface area contributed by atoms with E-state index in [2.05, 4.69) is 27.5 Å². The van der Waals surface area contributed by atoms with Gasteiger partial charge in [0.25, 0.3) is 5.91 Å². The van der Waals surface area contributed by atoms with Gasteiger partial charge in [-0.2, -0.15) is 0 Å². The zero-order valence-corrected chi connectivity index (χ0v) is 23.1. The van der Waals surface area contributed by atoms with Crippen molar-refractivity contribution in [3.8, 4) is 0 Å². The Bertz CT molecular complexity index is 927. The summed E-state index contributed by atoms with van der Waals surface area (Å²) >= 11 is 0. The van der Waals surface area contributed by atoms with Crippen molar-refractivity contribution in [2.24, 2.45) is 5.92 Å². The van der Waals surface area contributed by atoms with Crippen LogP contribution in [0.2, 0.25) is 0 Å². The maximum absolute atomic E-state index is 12.8. The third-order valence-corrected chi connectivity index (χ3v) is 8.78. The molecule has 1 heterocycles. The van der Waals surface area contributed by atoms with E-state index in [1.807, 2.05) is 19.1 Å². The first-order valence-corrected chi connectivity index (χ1v) is 14.7. The van der Waals surface area contributed by atoms with Gasteiger partial charge in [0.1, 0.15) is 6.04 Å². The zero-order chi connectivity index (χ0) is 25.3. The molecular formula is C26H42ClN3O5S. The molecule has 2 fully saturated rings. The number of unbranched alkanes of at least 4 members (excludes halogenated alkanes) is 1. The molecule has 0 radical (unpaired) electrons. The minimum Gasteiger partial charge on any atom is -0.468 e. The van der Waals surface area contributed by atoms with Gasteiger partial charge >= 0.3 is 5.97 Å². The average molecular weight is 544 g/mol. The third kappa shape index (κ3) is 9.32. The summed E-state index contributed by atoms with van der Waals surface area (Å²) in [7, 11) is -2.25. The summed E-state index contributed by atoms with van der Waals surface area (Å²) in [6.07, 6.45) is 7.25. The number of methoxy groups -OCH3 is 1. The van der Waals surface area contributed by atoms with Crippen molar-refractivity contribution in [2.45, 2.75) is 82.7 Å². The third-order valence-electron chi connectivity index (χ3n) is 7.31. The van der Waals surface area contributed by atoms with Crippen molar-refractivity contribution in [3.63, 3.8) is 0 Å². The molecule has 204 valence electrons. The number of hydrogen-bond acceptors (Lipinski definition) is 6. The lowest BCUT2D eigenvalue weighted by atomic mass is 9.82. The van der Waals surface area contributed by atoms with E-state index in [4.69, 9.17) is 4.74 Å². The van der Waals surface area contributed by atoms with Crippen LogP contribution in [0.1, 0.15) is 86.6 Å². The fourth-order valence-electron chi connectivity index (χ4n) is 5.15. The van der Waals surface area contributed by atoms with E-state index in [0.29, 0.717) is 24.3 Å². The molecule has 36 heavy (non-hydrogen) atoms. The van der Waals surface area contributed by atoms with Gasteiger partial charge in [-0.1, -0.05) is 25.5 Å². The molecule has 1 aliphatic carbocycles. The standard InChI is InChI=1S/C26H41N3O5S.ClH/c1-3-4-17-35(32,33)29-24(26(31)34-2)18-19-5-11-23(12-6-19)28-25(30)22-9-7-20(8-10-22)21-13-15-27-16-14-21;/h7-10,19,21,23-24,27,29H,3-6,11-18H2,1-2H3,(H,28,30);1H/t19-,23+,24?;. The molecule has 0 spiro atoms. The Kier molecular flexibility index (Phi) is 12.6. The van der Waals surface area contributed by atoms with Crippen LogP contribution in [0, 0.1) is 5.92 Å². The Balaban J connectivity index is 0.00000456. The molecular weight excluding hydrogens is 502 g/mol. The summed E-state index contributed by atoms with van der Waals surface area (Å²) in [5.74, 6) is 0.170. The summed E-state index contributed by atoms with van der Waals surface area (Å²) in [6.45, 7) is 4.01. The van der Waals surface area contributed by atoms with Crippen molar-refractivity contribution < 1.29 is 22.7 Å². The fourth-order valence-corrected chi connectivity index (χ4v) is 6.56. The number of sulfonamides is 1. The number of piperidine rings is 1. The van der Waals surface area contributed by atoms with Gasteiger partial charge in [-0.3, -0.25) is 9.59 Å². The highest BCUT2D eigenvalue weighted by Crippen LogP contribution is 2.29. The maximum atomic E-state index is 12.8. The quantitative estimate of drug-likeness (QED) is 0.368. The summed E-state index contributed by atoms with van der Waals surface area (Å²) < 4.78 is 32.0. The van der Waals surface area contributed by atoms with Gasteiger partial charge in [-0.15, -0.1) is 12.4 Å². The Morgan fingerprint density at radius 2 is 1.69 bits per heavy atom. The molecule has 0 bridgehead atoms. The predicted octanol–water partition coefficient (Wildman–Crippen LogP) is 3.52. The monoisotopic (exact) mass is 543 g/mol. The van der Waals surface area contributed by atoms with Crippen LogP contribution in [0.5, 0.6) is 0 Å². The number of halogens is 1. The van der Waals surface area contributed by atoms with E-state index in [9.17, 15) is 18.0 Å². The summed E-state index contributed by atoms with van der Waals surface area (Å²) in [5, 5.41) is 6.53. The number of esters is 1. The van der Waals surface area contributed by atoms with E-state index in [0.717, 1.165) is 58.0 Å². The molecule has 3 rings (SSSR count). The molecule has 1 saturated heterocycles. The van der Waals surface area contributed by atoms with Gasteiger partial charge in [-0.25, -0.2) is 13.1 Å². The van der Waals surface area contributed by atoms with Crippen LogP contribution in [-0.4, -0.2) is 58.3 Å². The topological polar surface area (TPSA) is 114 Å². The largest absolute Gasteiger partial charge is 0.468 e. The van der Waals surface area contributed by atoms with E-state index in [1.54, 1.807) is 0 Å². The number of carbonyl (C=O) groups excluding carboxylic acids is 2. The first kappa shape index (κ1) is 30.5. The molecule has 1 atom stereocenters. The molecule has 2 aliphatic rings. The van der Waals surface area contributed by atoms with Crippen LogP contribution in [0.25, 0.3) is 0 Å². The minimum absolute atomic E-state index is 0. The number of amides is 1. The normalized spacial score (nSPS) is 21.7. The molecule has 1 aliphatic heterocycles. The maximum Gasteiger partial charge on any atom is 0.323 e. The van der Waals surface area contributed by atoms with Crippen LogP contribution < -0.4 is 15.4 Å². The summed E-state index contributed by atoms with van der Waals surface area (Å²) in [6, 6.07) is 7.22. The molecule has 8 nitrogen and oxygen atoms in total. The van der Waals surface area contributed by atoms with Gasteiger partial charge in [0.05, 0.1) is 12.9 Å². The van der Waals surface area contributed by atoms with E-state index >= 15 is 0 Å². The number of nitrogens with one attached hydrogen (secondary N) is 3. The first-order valence-electron chi connectivity index (χ1n) is 13.0. The molecule has 1 aromatic rings. The number of benzene rings is 1. The molecule has 1 amide bonds. The number of hydrogen-bond donors (Lipinski definition) is 3. The summed E-state index contributed by atoms with van der Waals surface area (Å²) in [4.78, 5) is 25.0. The molecule has 3 N–H and O–H groups in total. The van der Waals surface area contributed by atoms with Crippen LogP contribution >= 0.6 is 12.4 Å². The number of ether oxygens (including phenoxy) is 1. The molecule has 10 heteroatoms. The van der Waals surface area contributed by atoms with Crippen molar-refractivity contribution >= 4 is 34.3 Å². The molecule has 1 unspecified atom stereocenters. The van der Waals surface area contributed by atoms with Gasteiger partial charge in [-0.05, 0) is 94.0 Å². The number of rotatable bonds is 11.